The van der Waals surface area contributed by atoms with Crippen molar-refractivity contribution in [3.8, 4) is 17.2 Å². The number of hydrazone groups is 1. The van der Waals surface area contributed by atoms with E-state index in [0.29, 0.717) is 33.7 Å². The Morgan fingerprint density at radius 1 is 0.938 bits per heavy atom. The number of thioether (sulfide) groups is 1. The van der Waals surface area contributed by atoms with Gasteiger partial charge in [-0.3, -0.25) is 4.79 Å². The summed E-state index contributed by atoms with van der Waals surface area (Å²) in [5, 5.41) is 4.94. The SMILES string of the molecule is COc1ccc(C(C)=NNC(=O)c2ccc(OC)c(OC)c2)cc1CSc1ncccn1. The highest BCUT2D eigenvalue weighted by Crippen LogP contribution is 2.28. The third-order valence-corrected chi connectivity index (χ3v) is 5.49. The summed E-state index contributed by atoms with van der Waals surface area (Å²) in [6.07, 6.45) is 3.42. The molecule has 0 saturated heterocycles. The van der Waals surface area contributed by atoms with Crippen LogP contribution in [0.3, 0.4) is 0 Å². The Kier molecular flexibility index (Phi) is 8.04. The van der Waals surface area contributed by atoms with E-state index < -0.39 is 0 Å². The van der Waals surface area contributed by atoms with Gasteiger partial charge >= 0.3 is 0 Å². The maximum absolute atomic E-state index is 12.5. The van der Waals surface area contributed by atoms with Gasteiger partial charge < -0.3 is 14.2 Å². The minimum atomic E-state index is -0.351. The van der Waals surface area contributed by atoms with Crippen molar-refractivity contribution in [1.29, 1.82) is 0 Å². The number of ether oxygens (including phenoxy) is 3. The highest BCUT2D eigenvalue weighted by molar-refractivity contribution is 7.98. The highest BCUT2D eigenvalue weighted by Gasteiger charge is 2.12. The highest BCUT2D eigenvalue weighted by atomic mass is 32.2. The standard InChI is InChI=1S/C23H24N4O4S/c1-15(26-27-22(28)17-7-9-20(30-3)21(13-17)31-4)16-6-8-19(29-2)18(12-16)14-32-23-24-10-5-11-25-23/h5-13H,14H2,1-4H3,(H,27,28). The van der Waals surface area contributed by atoms with Gasteiger partial charge in [-0.25, -0.2) is 15.4 Å². The van der Waals surface area contributed by atoms with Crippen LogP contribution in [0.2, 0.25) is 0 Å². The molecule has 2 aromatic carbocycles. The summed E-state index contributed by atoms with van der Waals surface area (Å²) in [5.74, 6) is 2.07. The molecule has 32 heavy (non-hydrogen) atoms. The molecule has 9 heteroatoms. The number of hydrogen-bond donors (Lipinski definition) is 1. The van der Waals surface area contributed by atoms with Gasteiger partial charge in [0.05, 0.1) is 27.0 Å². The van der Waals surface area contributed by atoms with E-state index in [9.17, 15) is 4.79 Å². The molecule has 0 unspecified atom stereocenters. The molecule has 0 aliphatic heterocycles. The van der Waals surface area contributed by atoms with Gasteiger partial charge in [-0.15, -0.1) is 0 Å². The van der Waals surface area contributed by atoms with E-state index >= 15 is 0 Å². The number of nitrogens with one attached hydrogen (secondary N) is 1. The maximum atomic E-state index is 12.5. The number of rotatable bonds is 9. The van der Waals surface area contributed by atoms with E-state index in [2.05, 4.69) is 20.5 Å². The second kappa shape index (κ2) is 11.1. The number of nitrogens with zero attached hydrogens (tertiary/aromatic N) is 3. The van der Waals surface area contributed by atoms with Crippen LogP contribution in [-0.2, 0) is 5.75 Å². The molecule has 0 atom stereocenters. The molecule has 1 N–H and O–H groups in total. The fourth-order valence-electron chi connectivity index (χ4n) is 2.86. The Hall–Kier alpha value is -3.59. The number of benzene rings is 2. The Labute approximate surface area is 191 Å². The van der Waals surface area contributed by atoms with Gasteiger partial charge in [0.15, 0.2) is 16.7 Å². The Balaban J connectivity index is 1.73. The molecule has 0 bridgehead atoms. The van der Waals surface area contributed by atoms with Gasteiger partial charge in [0.25, 0.3) is 5.91 Å². The van der Waals surface area contributed by atoms with Crippen LogP contribution in [0, 0.1) is 0 Å². The first-order valence-electron chi connectivity index (χ1n) is 9.69. The molecule has 0 aliphatic carbocycles. The van der Waals surface area contributed by atoms with Gasteiger partial charge in [0.1, 0.15) is 5.75 Å². The van der Waals surface area contributed by atoms with Crippen LogP contribution in [0.4, 0.5) is 0 Å². The molecule has 0 aliphatic rings. The van der Waals surface area contributed by atoms with Crippen LogP contribution in [0.15, 0.2) is 65.1 Å². The first-order valence-corrected chi connectivity index (χ1v) is 10.7. The minimum absolute atomic E-state index is 0.351. The fraction of sp³-hybridized carbons (Fsp3) is 0.217. The second-order valence-electron chi connectivity index (χ2n) is 6.55. The van der Waals surface area contributed by atoms with Crippen molar-refractivity contribution in [2.75, 3.05) is 21.3 Å². The van der Waals surface area contributed by atoms with Crippen LogP contribution in [0.1, 0.15) is 28.4 Å². The van der Waals surface area contributed by atoms with Crippen molar-refractivity contribution < 1.29 is 19.0 Å². The number of amides is 1. The van der Waals surface area contributed by atoms with E-state index in [4.69, 9.17) is 14.2 Å². The quantitative estimate of drug-likeness (QED) is 0.227. The van der Waals surface area contributed by atoms with Gasteiger partial charge in [0.2, 0.25) is 0 Å². The summed E-state index contributed by atoms with van der Waals surface area (Å²) in [5.41, 5.74) is 5.49. The maximum Gasteiger partial charge on any atom is 0.271 e. The smallest absolute Gasteiger partial charge is 0.271 e. The molecule has 0 spiro atoms. The fourth-order valence-corrected chi connectivity index (χ4v) is 3.64. The molecule has 166 valence electrons. The number of aromatic nitrogens is 2. The van der Waals surface area contributed by atoms with E-state index in [1.54, 1.807) is 50.9 Å². The summed E-state index contributed by atoms with van der Waals surface area (Å²) in [6.45, 7) is 1.83. The molecule has 1 amide bonds. The van der Waals surface area contributed by atoms with Crippen LogP contribution < -0.4 is 19.6 Å². The minimum Gasteiger partial charge on any atom is -0.496 e. The molecule has 0 saturated carbocycles. The summed E-state index contributed by atoms with van der Waals surface area (Å²) in [6, 6.07) is 12.5. The molecule has 3 aromatic rings. The monoisotopic (exact) mass is 452 g/mol. The van der Waals surface area contributed by atoms with Gasteiger partial charge in [0, 0.05) is 29.3 Å². The third-order valence-electron chi connectivity index (χ3n) is 4.57. The lowest BCUT2D eigenvalue weighted by Gasteiger charge is -2.11. The molecule has 0 fully saturated rings. The third kappa shape index (κ3) is 5.76. The van der Waals surface area contributed by atoms with Crippen molar-refractivity contribution >= 4 is 23.4 Å². The average molecular weight is 453 g/mol. The Morgan fingerprint density at radius 3 is 2.28 bits per heavy atom. The van der Waals surface area contributed by atoms with Crippen LogP contribution in [0.5, 0.6) is 17.2 Å². The lowest BCUT2D eigenvalue weighted by atomic mass is 10.1. The van der Waals surface area contributed by atoms with Crippen molar-refractivity contribution in [2.45, 2.75) is 17.8 Å². The molecule has 1 heterocycles. The summed E-state index contributed by atoms with van der Waals surface area (Å²) >= 11 is 1.51. The second-order valence-corrected chi connectivity index (χ2v) is 7.50. The van der Waals surface area contributed by atoms with Crippen LogP contribution in [-0.4, -0.2) is 42.9 Å². The van der Waals surface area contributed by atoms with Gasteiger partial charge in [-0.1, -0.05) is 11.8 Å². The largest absolute Gasteiger partial charge is 0.496 e. The lowest BCUT2D eigenvalue weighted by molar-refractivity contribution is 0.0954. The van der Waals surface area contributed by atoms with E-state index in [1.807, 2.05) is 25.1 Å². The van der Waals surface area contributed by atoms with Crippen molar-refractivity contribution in [1.82, 2.24) is 15.4 Å². The van der Waals surface area contributed by atoms with Crippen molar-refractivity contribution in [3.05, 3.63) is 71.5 Å². The van der Waals surface area contributed by atoms with Crippen molar-refractivity contribution in [3.63, 3.8) is 0 Å². The number of carbonyl (C=O) groups is 1. The van der Waals surface area contributed by atoms with Gasteiger partial charge in [-0.05, 0) is 55.0 Å². The van der Waals surface area contributed by atoms with Gasteiger partial charge in [-0.2, -0.15) is 5.10 Å². The lowest BCUT2D eigenvalue weighted by Crippen LogP contribution is -2.19. The molecular formula is C23H24N4O4S. The van der Waals surface area contributed by atoms with E-state index in [0.717, 1.165) is 16.9 Å². The topological polar surface area (TPSA) is 94.9 Å². The van der Waals surface area contributed by atoms with E-state index in [1.165, 1.54) is 18.9 Å². The first-order chi connectivity index (χ1) is 15.5. The molecule has 8 nitrogen and oxygen atoms in total. The summed E-state index contributed by atoms with van der Waals surface area (Å²) in [7, 11) is 4.69. The zero-order valence-electron chi connectivity index (χ0n) is 18.3. The average Bonchev–Trinajstić information content (AvgIpc) is 2.85. The number of methoxy groups -OCH3 is 3. The Bertz CT molecular complexity index is 1110. The van der Waals surface area contributed by atoms with Crippen LogP contribution in [0.25, 0.3) is 0 Å². The normalized spacial score (nSPS) is 11.1. The number of carbonyl (C=O) groups excluding carboxylic acids is 1. The predicted octanol–water partition coefficient (Wildman–Crippen LogP) is 3.95. The Morgan fingerprint density at radius 2 is 1.59 bits per heavy atom. The summed E-state index contributed by atoms with van der Waals surface area (Å²) in [4.78, 5) is 21.0. The van der Waals surface area contributed by atoms with Crippen molar-refractivity contribution in [2.24, 2.45) is 5.10 Å². The first kappa shape index (κ1) is 23.1. The molecule has 0 radical (unpaired) electrons. The zero-order valence-corrected chi connectivity index (χ0v) is 19.1. The predicted molar refractivity (Wildman–Crippen MR) is 124 cm³/mol. The number of hydrogen-bond acceptors (Lipinski definition) is 8. The molecule has 3 rings (SSSR count). The zero-order chi connectivity index (χ0) is 22.9. The molecular weight excluding hydrogens is 428 g/mol. The van der Waals surface area contributed by atoms with Crippen LogP contribution >= 0.6 is 11.8 Å². The van der Waals surface area contributed by atoms with E-state index in [-0.39, 0.29) is 5.91 Å². The molecule has 1 aromatic heterocycles. The summed E-state index contributed by atoms with van der Waals surface area (Å²) < 4.78 is 15.9.